The first-order valence-electron chi connectivity index (χ1n) is 5.89. The zero-order chi connectivity index (χ0) is 10.8. The van der Waals surface area contributed by atoms with Gasteiger partial charge in [-0.2, -0.15) is 0 Å². The average molecular weight is 207 g/mol. The van der Waals surface area contributed by atoms with Crippen LogP contribution in [0.3, 0.4) is 0 Å². The Morgan fingerprint density at radius 2 is 1.93 bits per heavy atom. The second kappa shape index (κ2) is 4.35. The van der Waals surface area contributed by atoms with Gasteiger partial charge in [-0.25, -0.2) is 4.98 Å². The number of nitrogens with zero attached hydrogens (tertiary/aromatic N) is 2. The van der Waals surface area contributed by atoms with Crippen LogP contribution in [-0.4, -0.2) is 22.6 Å². The second-order valence-electron chi connectivity index (χ2n) is 4.63. The fourth-order valence-corrected chi connectivity index (χ4v) is 2.41. The Morgan fingerprint density at radius 3 is 2.47 bits per heavy atom. The van der Waals surface area contributed by atoms with E-state index < -0.39 is 0 Å². The van der Waals surface area contributed by atoms with Gasteiger partial charge in [-0.15, -0.1) is 0 Å². The second-order valence-corrected chi connectivity index (χ2v) is 4.63. The Morgan fingerprint density at radius 1 is 1.27 bits per heavy atom. The Labute approximate surface area is 91.9 Å². The highest BCUT2D eigenvalue weighted by Gasteiger charge is 2.16. The standard InChI is InChI=1S/C12H21N3/c1-9-10(2)15(11(3)14-9)8-12-4-6-13-7-5-12/h12-13H,4-8H2,1-3H3. The van der Waals surface area contributed by atoms with Gasteiger partial charge < -0.3 is 9.88 Å². The number of aromatic nitrogens is 2. The summed E-state index contributed by atoms with van der Waals surface area (Å²) < 4.78 is 2.38. The summed E-state index contributed by atoms with van der Waals surface area (Å²) in [7, 11) is 0. The van der Waals surface area contributed by atoms with E-state index in [0.29, 0.717) is 0 Å². The Hall–Kier alpha value is -0.830. The molecule has 1 aliphatic heterocycles. The number of hydrogen-bond donors (Lipinski definition) is 1. The normalized spacial score (nSPS) is 18.3. The molecule has 1 saturated heterocycles. The third-order valence-corrected chi connectivity index (χ3v) is 3.55. The molecule has 0 aromatic carbocycles. The molecule has 0 saturated carbocycles. The molecule has 0 aliphatic carbocycles. The number of aryl methyl sites for hydroxylation is 2. The van der Waals surface area contributed by atoms with Crippen LogP contribution in [0.15, 0.2) is 0 Å². The van der Waals surface area contributed by atoms with Crippen LogP contribution in [0.4, 0.5) is 0 Å². The number of imidazole rings is 1. The number of nitrogens with one attached hydrogen (secondary N) is 1. The molecule has 1 aliphatic rings. The third-order valence-electron chi connectivity index (χ3n) is 3.55. The molecule has 2 heterocycles. The lowest BCUT2D eigenvalue weighted by molar-refractivity contribution is 0.329. The molecule has 1 aromatic rings. The van der Waals surface area contributed by atoms with Crippen molar-refractivity contribution in [1.29, 1.82) is 0 Å². The first-order chi connectivity index (χ1) is 7.18. The van der Waals surface area contributed by atoms with E-state index in [1.165, 1.54) is 43.1 Å². The van der Waals surface area contributed by atoms with E-state index in [0.717, 1.165) is 12.5 Å². The van der Waals surface area contributed by atoms with Gasteiger partial charge in [-0.05, 0) is 52.6 Å². The van der Waals surface area contributed by atoms with Crippen LogP contribution in [0.2, 0.25) is 0 Å². The highest BCUT2D eigenvalue weighted by molar-refractivity contribution is 5.13. The van der Waals surface area contributed by atoms with Gasteiger partial charge >= 0.3 is 0 Å². The van der Waals surface area contributed by atoms with Crippen LogP contribution in [0.5, 0.6) is 0 Å². The molecule has 0 spiro atoms. The van der Waals surface area contributed by atoms with Crippen molar-refractivity contribution >= 4 is 0 Å². The largest absolute Gasteiger partial charge is 0.332 e. The van der Waals surface area contributed by atoms with Crippen molar-refractivity contribution < 1.29 is 0 Å². The van der Waals surface area contributed by atoms with Gasteiger partial charge in [0.15, 0.2) is 0 Å². The number of piperidine rings is 1. The van der Waals surface area contributed by atoms with E-state index in [2.05, 4.69) is 35.6 Å². The van der Waals surface area contributed by atoms with Crippen LogP contribution in [-0.2, 0) is 6.54 Å². The molecule has 1 aromatic heterocycles. The highest BCUT2D eigenvalue weighted by Crippen LogP contribution is 2.18. The van der Waals surface area contributed by atoms with E-state index >= 15 is 0 Å². The molecule has 0 amide bonds. The molecule has 0 bridgehead atoms. The molecule has 0 atom stereocenters. The minimum absolute atomic E-state index is 0.831. The fraction of sp³-hybridized carbons (Fsp3) is 0.750. The first kappa shape index (κ1) is 10.7. The van der Waals surface area contributed by atoms with Crippen molar-refractivity contribution in [2.45, 2.75) is 40.2 Å². The third kappa shape index (κ3) is 2.23. The van der Waals surface area contributed by atoms with Gasteiger partial charge in [0, 0.05) is 12.2 Å². The quantitative estimate of drug-likeness (QED) is 0.801. The van der Waals surface area contributed by atoms with Gasteiger partial charge in [-0.3, -0.25) is 0 Å². The van der Waals surface area contributed by atoms with Gasteiger partial charge in [0.05, 0.1) is 5.69 Å². The lowest BCUT2D eigenvalue weighted by Crippen LogP contribution is -2.30. The van der Waals surface area contributed by atoms with Gasteiger partial charge in [-0.1, -0.05) is 0 Å². The maximum Gasteiger partial charge on any atom is 0.106 e. The molecular weight excluding hydrogens is 186 g/mol. The van der Waals surface area contributed by atoms with E-state index in [9.17, 15) is 0 Å². The lowest BCUT2D eigenvalue weighted by atomic mass is 9.98. The molecule has 15 heavy (non-hydrogen) atoms. The summed E-state index contributed by atoms with van der Waals surface area (Å²) in [6, 6.07) is 0. The summed E-state index contributed by atoms with van der Waals surface area (Å²) >= 11 is 0. The lowest BCUT2D eigenvalue weighted by Gasteiger charge is -2.24. The van der Waals surface area contributed by atoms with Crippen LogP contribution in [0, 0.1) is 26.7 Å². The summed E-state index contributed by atoms with van der Waals surface area (Å²) in [5.74, 6) is 2.00. The molecule has 3 heteroatoms. The van der Waals surface area contributed by atoms with Crippen molar-refractivity contribution in [3.05, 3.63) is 17.2 Å². The van der Waals surface area contributed by atoms with Crippen molar-refractivity contribution in [2.24, 2.45) is 5.92 Å². The molecule has 0 unspecified atom stereocenters. The molecule has 0 radical (unpaired) electrons. The van der Waals surface area contributed by atoms with Crippen molar-refractivity contribution in [3.63, 3.8) is 0 Å². The maximum absolute atomic E-state index is 4.52. The van der Waals surface area contributed by atoms with Crippen LogP contribution >= 0.6 is 0 Å². The molecule has 2 rings (SSSR count). The van der Waals surface area contributed by atoms with Crippen molar-refractivity contribution in [2.75, 3.05) is 13.1 Å². The summed E-state index contributed by atoms with van der Waals surface area (Å²) in [5.41, 5.74) is 2.52. The summed E-state index contributed by atoms with van der Waals surface area (Å²) in [6.45, 7) is 9.89. The zero-order valence-electron chi connectivity index (χ0n) is 10.0. The predicted molar refractivity (Wildman–Crippen MR) is 62.0 cm³/mol. The summed E-state index contributed by atoms with van der Waals surface area (Å²) in [5, 5.41) is 3.41. The average Bonchev–Trinajstić information content (AvgIpc) is 2.47. The maximum atomic E-state index is 4.52. The van der Waals surface area contributed by atoms with E-state index in [-0.39, 0.29) is 0 Å². The Kier molecular flexibility index (Phi) is 3.10. The van der Waals surface area contributed by atoms with E-state index in [1.807, 2.05) is 0 Å². The van der Waals surface area contributed by atoms with Crippen LogP contribution < -0.4 is 5.32 Å². The highest BCUT2D eigenvalue weighted by atomic mass is 15.1. The van der Waals surface area contributed by atoms with Gasteiger partial charge in [0.1, 0.15) is 5.82 Å². The van der Waals surface area contributed by atoms with E-state index in [1.54, 1.807) is 0 Å². The molecule has 3 nitrogen and oxygen atoms in total. The first-order valence-corrected chi connectivity index (χ1v) is 5.89. The number of hydrogen-bond acceptors (Lipinski definition) is 2. The smallest absolute Gasteiger partial charge is 0.106 e. The molecular formula is C12H21N3. The van der Waals surface area contributed by atoms with Gasteiger partial charge in [0.2, 0.25) is 0 Å². The Bertz CT molecular complexity index is 335. The van der Waals surface area contributed by atoms with Crippen LogP contribution in [0.25, 0.3) is 0 Å². The topological polar surface area (TPSA) is 29.9 Å². The summed E-state index contributed by atoms with van der Waals surface area (Å²) in [6.07, 6.45) is 2.60. The zero-order valence-corrected chi connectivity index (χ0v) is 10.0. The van der Waals surface area contributed by atoms with Crippen molar-refractivity contribution in [1.82, 2.24) is 14.9 Å². The molecule has 84 valence electrons. The van der Waals surface area contributed by atoms with Crippen molar-refractivity contribution in [3.8, 4) is 0 Å². The predicted octanol–water partition coefficient (Wildman–Crippen LogP) is 1.81. The minimum Gasteiger partial charge on any atom is -0.332 e. The monoisotopic (exact) mass is 207 g/mol. The number of rotatable bonds is 2. The van der Waals surface area contributed by atoms with E-state index in [4.69, 9.17) is 0 Å². The Balaban J connectivity index is 2.09. The molecule has 1 N–H and O–H groups in total. The van der Waals surface area contributed by atoms with Gasteiger partial charge in [0.25, 0.3) is 0 Å². The minimum atomic E-state index is 0.831. The fourth-order valence-electron chi connectivity index (χ4n) is 2.41. The van der Waals surface area contributed by atoms with Crippen LogP contribution in [0.1, 0.15) is 30.1 Å². The SMILES string of the molecule is Cc1nc(C)n(CC2CCNCC2)c1C. The molecule has 1 fully saturated rings. The summed E-state index contributed by atoms with van der Waals surface area (Å²) in [4.78, 5) is 4.52.